The zero-order chi connectivity index (χ0) is 11.9. The summed E-state index contributed by atoms with van der Waals surface area (Å²) in [4.78, 5) is 14.2. The highest BCUT2D eigenvalue weighted by molar-refractivity contribution is 9.10. The van der Waals surface area contributed by atoms with Crippen molar-refractivity contribution in [2.24, 2.45) is 0 Å². The van der Waals surface area contributed by atoms with E-state index in [9.17, 15) is 4.79 Å². The fraction of sp³-hybridized carbons (Fsp3) is 0.167. The second-order valence-corrected chi connectivity index (χ2v) is 4.51. The first-order valence-corrected chi connectivity index (χ1v) is 5.56. The van der Waals surface area contributed by atoms with Gasteiger partial charge in [-0.25, -0.2) is 0 Å². The third-order valence-electron chi connectivity index (χ3n) is 2.63. The first kappa shape index (κ1) is 10.9. The number of nitrogens with one attached hydrogen (secondary N) is 1. The normalized spacial score (nSPS) is 10.4. The summed E-state index contributed by atoms with van der Waals surface area (Å²) < 4.78 is 1.01. The number of H-pyrrole nitrogens is 1. The van der Waals surface area contributed by atoms with Gasteiger partial charge in [0.1, 0.15) is 11.6 Å². The van der Waals surface area contributed by atoms with Crippen LogP contribution in [0.1, 0.15) is 16.7 Å². The number of nitrogens with zero attached hydrogens (tertiary/aromatic N) is 1. The Morgan fingerprint density at radius 2 is 2.06 bits per heavy atom. The predicted octanol–water partition coefficient (Wildman–Crippen LogP) is 2.78. The molecule has 1 N–H and O–H groups in total. The van der Waals surface area contributed by atoms with Gasteiger partial charge in [-0.1, -0.05) is 15.9 Å². The van der Waals surface area contributed by atoms with Crippen molar-refractivity contribution in [2.75, 3.05) is 0 Å². The number of fused-ring (bicyclic) bond motifs is 1. The number of nitriles is 1. The second kappa shape index (κ2) is 3.76. The SMILES string of the molecule is Cc1cc2[nH]c(=O)c(C#N)cc2c(C)c1Br. The number of halogens is 1. The molecule has 4 heteroatoms. The standard InChI is InChI=1S/C12H9BrN2O/c1-6-3-10-9(7(2)11(6)13)4-8(5-14)12(16)15-10/h3-4H,1-2H3,(H,15,16). The highest BCUT2D eigenvalue weighted by Gasteiger charge is 2.08. The van der Waals surface area contributed by atoms with Crippen LogP contribution in [0.4, 0.5) is 0 Å². The molecule has 0 saturated carbocycles. The van der Waals surface area contributed by atoms with Gasteiger partial charge >= 0.3 is 0 Å². The van der Waals surface area contributed by atoms with Gasteiger partial charge in [0.2, 0.25) is 0 Å². The van der Waals surface area contributed by atoms with E-state index < -0.39 is 0 Å². The average molecular weight is 277 g/mol. The molecular formula is C12H9BrN2O. The predicted molar refractivity (Wildman–Crippen MR) is 66.5 cm³/mol. The number of rotatable bonds is 0. The minimum Gasteiger partial charge on any atom is -0.321 e. The Labute approximate surface area is 101 Å². The van der Waals surface area contributed by atoms with Crippen LogP contribution < -0.4 is 5.56 Å². The molecule has 80 valence electrons. The Hall–Kier alpha value is -1.60. The molecule has 0 aliphatic carbocycles. The van der Waals surface area contributed by atoms with E-state index in [0.717, 1.165) is 26.5 Å². The van der Waals surface area contributed by atoms with E-state index in [-0.39, 0.29) is 11.1 Å². The van der Waals surface area contributed by atoms with E-state index in [0.29, 0.717) is 0 Å². The fourth-order valence-corrected chi connectivity index (χ4v) is 2.07. The summed E-state index contributed by atoms with van der Waals surface area (Å²) in [7, 11) is 0. The van der Waals surface area contributed by atoms with Crippen molar-refractivity contribution in [1.82, 2.24) is 4.98 Å². The second-order valence-electron chi connectivity index (χ2n) is 3.72. The Morgan fingerprint density at radius 1 is 1.38 bits per heavy atom. The highest BCUT2D eigenvalue weighted by atomic mass is 79.9. The van der Waals surface area contributed by atoms with Crippen molar-refractivity contribution in [1.29, 1.82) is 5.26 Å². The largest absolute Gasteiger partial charge is 0.321 e. The highest BCUT2D eigenvalue weighted by Crippen LogP contribution is 2.27. The fourth-order valence-electron chi connectivity index (χ4n) is 1.75. The number of hydrogen-bond donors (Lipinski definition) is 1. The first-order valence-electron chi connectivity index (χ1n) is 4.77. The summed E-state index contributed by atoms with van der Waals surface area (Å²) in [5.74, 6) is 0. The Bertz CT molecular complexity index is 680. The quantitative estimate of drug-likeness (QED) is 0.805. The molecule has 0 spiro atoms. The zero-order valence-corrected chi connectivity index (χ0v) is 10.5. The van der Waals surface area contributed by atoms with Crippen molar-refractivity contribution in [3.63, 3.8) is 0 Å². The summed E-state index contributed by atoms with van der Waals surface area (Å²) in [6.07, 6.45) is 0. The number of pyridine rings is 1. The van der Waals surface area contributed by atoms with Crippen LogP contribution in [0.15, 0.2) is 21.4 Å². The lowest BCUT2D eigenvalue weighted by atomic mass is 10.0. The minimum absolute atomic E-state index is 0.145. The van der Waals surface area contributed by atoms with E-state index in [4.69, 9.17) is 5.26 Å². The van der Waals surface area contributed by atoms with Crippen LogP contribution in [0.2, 0.25) is 0 Å². The van der Waals surface area contributed by atoms with Crippen LogP contribution in [-0.2, 0) is 0 Å². The molecule has 0 radical (unpaired) electrons. The average Bonchev–Trinajstić information content (AvgIpc) is 2.26. The Kier molecular flexibility index (Phi) is 2.56. The van der Waals surface area contributed by atoms with E-state index in [1.807, 2.05) is 26.0 Å². The number of aryl methyl sites for hydroxylation is 2. The van der Waals surface area contributed by atoms with Crippen LogP contribution in [0, 0.1) is 25.2 Å². The molecular weight excluding hydrogens is 268 g/mol. The maximum absolute atomic E-state index is 11.5. The number of benzene rings is 1. The molecule has 3 nitrogen and oxygen atoms in total. The Balaban J connectivity index is 2.99. The van der Waals surface area contributed by atoms with Crippen LogP contribution in [-0.4, -0.2) is 4.98 Å². The van der Waals surface area contributed by atoms with Crippen LogP contribution in [0.25, 0.3) is 10.9 Å². The third-order valence-corrected chi connectivity index (χ3v) is 3.85. The summed E-state index contributed by atoms with van der Waals surface area (Å²) in [6, 6.07) is 5.42. The molecule has 1 aromatic heterocycles. The monoisotopic (exact) mass is 276 g/mol. The van der Waals surface area contributed by atoms with E-state index >= 15 is 0 Å². The molecule has 0 bridgehead atoms. The van der Waals surface area contributed by atoms with Crippen molar-refractivity contribution < 1.29 is 0 Å². The van der Waals surface area contributed by atoms with Crippen LogP contribution >= 0.6 is 15.9 Å². The van der Waals surface area contributed by atoms with Crippen molar-refractivity contribution in [3.05, 3.63) is 43.6 Å². The topological polar surface area (TPSA) is 56.6 Å². The van der Waals surface area contributed by atoms with E-state index in [1.54, 1.807) is 6.07 Å². The minimum atomic E-state index is -0.337. The molecule has 2 rings (SSSR count). The number of aromatic amines is 1. The van der Waals surface area contributed by atoms with Gasteiger partial charge in [-0.2, -0.15) is 5.26 Å². The molecule has 0 atom stereocenters. The maximum atomic E-state index is 11.5. The van der Waals surface area contributed by atoms with Crippen molar-refractivity contribution in [3.8, 4) is 6.07 Å². The van der Waals surface area contributed by atoms with Gasteiger partial charge in [0.05, 0.1) is 0 Å². The molecule has 0 saturated heterocycles. The summed E-state index contributed by atoms with van der Waals surface area (Å²) >= 11 is 3.49. The van der Waals surface area contributed by atoms with Crippen molar-refractivity contribution in [2.45, 2.75) is 13.8 Å². The Morgan fingerprint density at radius 3 is 2.69 bits per heavy atom. The zero-order valence-electron chi connectivity index (χ0n) is 8.89. The van der Waals surface area contributed by atoms with Gasteiger partial charge in [-0.15, -0.1) is 0 Å². The van der Waals surface area contributed by atoms with Gasteiger partial charge in [-0.05, 0) is 37.1 Å². The molecule has 1 heterocycles. The molecule has 2 aromatic rings. The number of hydrogen-bond acceptors (Lipinski definition) is 2. The van der Waals surface area contributed by atoms with Gasteiger partial charge < -0.3 is 4.98 Å². The molecule has 0 fully saturated rings. The van der Waals surface area contributed by atoms with Crippen molar-refractivity contribution >= 4 is 26.8 Å². The lowest BCUT2D eigenvalue weighted by Crippen LogP contribution is -2.10. The molecule has 0 amide bonds. The lowest BCUT2D eigenvalue weighted by Gasteiger charge is -2.07. The molecule has 0 aliphatic heterocycles. The van der Waals surface area contributed by atoms with Gasteiger partial charge in [0, 0.05) is 15.4 Å². The summed E-state index contributed by atoms with van der Waals surface area (Å²) in [5.41, 5.74) is 2.66. The maximum Gasteiger partial charge on any atom is 0.266 e. The van der Waals surface area contributed by atoms with E-state index in [2.05, 4.69) is 20.9 Å². The first-order chi connectivity index (χ1) is 7.54. The summed E-state index contributed by atoms with van der Waals surface area (Å²) in [6.45, 7) is 3.92. The smallest absolute Gasteiger partial charge is 0.266 e. The summed E-state index contributed by atoms with van der Waals surface area (Å²) in [5, 5.41) is 9.71. The lowest BCUT2D eigenvalue weighted by molar-refractivity contribution is 1.25. The number of aromatic nitrogens is 1. The third kappa shape index (κ3) is 1.54. The van der Waals surface area contributed by atoms with Gasteiger partial charge in [0.25, 0.3) is 5.56 Å². The van der Waals surface area contributed by atoms with Crippen LogP contribution in [0.3, 0.4) is 0 Å². The van der Waals surface area contributed by atoms with Gasteiger partial charge in [-0.3, -0.25) is 4.79 Å². The molecule has 0 aliphatic rings. The molecule has 1 aromatic carbocycles. The molecule has 16 heavy (non-hydrogen) atoms. The molecule has 0 unspecified atom stereocenters. The van der Waals surface area contributed by atoms with Crippen LogP contribution in [0.5, 0.6) is 0 Å². The van der Waals surface area contributed by atoms with Gasteiger partial charge in [0.15, 0.2) is 0 Å². The van der Waals surface area contributed by atoms with E-state index in [1.165, 1.54) is 0 Å².